The van der Waals surface area contributed by atoms with Crippen LogP contribution in [0.25, 0.3) is 0 Å². The first-order valence-electron chi connectivity index (χ1n) is 5.12. The molecule has 1 rings (SSSR count). The molecule has 0 N–H and O–H groups in total. The van der Waals surface area contributed by atoms with Crippen molar-refractivity contribution < 1.29 is 19.1 Å². The van der Waals surface area contributed by atoms with Gasteiger partial charge in [0.25, 0.3) is 0 Å². The lowest BCUT2D eigenvalue weighted by molar-refractivity contribution is -0.140. The number of hydrogen-bond acceptors (Lipinski definition) is 4. The van der Waals surface area contributed by atoms with Gasteiger partial charge in [-0.1, -0.05) is 23.2 Å². The first-order chi connectivity index (χ1) is 8.49. The number of carbonyl (C=O) groups excluding carboxylic acids is 2. The molecule has 6 heteroatoms. The van der Waals surface area contributed by atoms with Gasteiger partial charge < -0.3 is 9.47 Å². The minimum absolute atomic E-state index is 0.0244. The van der Waals surface area contributed by atoms with E-state index in [1.165, 1.54) is 26.4 Å². The van der Waals surface area contributed by atoms with E-state index in [1.807, 2.05) is 0 Å². The predicted octanol–water partition coefficient (Wildman–Crippen LogP) is 3.14. The fourth-order valence-electron chi connectivity index (χ4n) is 1.38. The third-order valence-corrected chi connectivity index (χ3v) is 2.87. The van der Waals surface area contributed by atoms with Gasteiger partial charge in [-0.25, -0.2) is 0 Å². The van der Waals surface area contributed by atoms with Crippen LogP contribution >= 0.6 is 23.2 Å². The van der Waals surface area contributed by atoms with E-state index in [2.05, 4.69) is 4.74 Å². The summed E-state index contributed by atoms with van der Waals surface area (Å²) in [6, 6.07) is 2.93. The molecule has 0 radical (unpaired) electrons. The maximum atomic E-state index is 11.8. The van der Waals surface area contributed by atoms with Gasteiger partial charge in [-0.05, 0) is 12.1 Å². The molecule has 0 aliphatic heterocycles. The molecule has 0 aromatic heterocycles. The van der Waals surface area contributed by atoms with E-state index in [9.17, 15) is 9.59 Å². The van der Waals surface area contributed by atoms with Gasteiger partial charge in [0.2, 0.25) is 0 Å². The molecular weight excluding hydrogens is 279 g/mol. The van der Waals surface area contributed by atoms with E-state index in [1.54, 1.807) is 0 Å². The molecule has 0 spiro atoms. The zero-order chi connectivity index (χ0) is 13.7. The molecule has 0 fully saturated rings. The predicted molar refractivity (Wildman–Crippen MR) is 68.6 cm³/mol. The number of hydrogen-bond donors (Lipinski definition) is 0. The Labute approximate surface area is 115 Å². The molecule has 0 atom stereocenters. The molecule has 0 saturated carbocycles. The fourth-order valence-corrected chi connectivity index (χ4v) is 2.02. The van der Waals surface area contributed by atoms with Crippen molar-refractivity contribution in [2.24, 2.45) is 0 Å². The average molecular weight is 291 g/mol. The van der Waals surface area contributed by atoms with Gasteiger partial charge in [0.1, 0.15) is 0 Å². The summed E-state index contributed by atoms with van der Waals surface area (Å²) in [4.78, 5) is 22.7. The third-order valence-electron chi connectivity index (χ3n) is 2.31. The van der Waals surface area contributed by atoms with Gasteiger partial charge in [0, 0.05) is 12.0 Å². The molecule has 0 heterocycles. The van der Waals surface area contributed by atoms with Crippen molar-refractivity contribution in [3.63, 3.8) is 0 Å². The molecule has 0 aliphatic rings. The molecule has 1 aromatic carbocycles. The number of rotatable bonds is 5. The van der Waals surface area contributed by atoms with Crippen LogP contribution in [0.15, 0.2) is 12.1 Å². The molecular formula is C12H12Cl2O4. The van der Waals surface area contributed by atoms with Crippen molar-refractivity contribution in [3.8, 4) is 5.75 Å². The van der Waals surface area contributed by atoms with Crippen molar-refractivity contribution in [1.29, 1.82) is 0 Å². The summed E-state index contributed by atoms with van der Waals surface area (Å²) in [6.07, 6.45) is 0.0717. The van der Waals surface area contributed by atoms with E-state index < -0.39 is 5.97 Å². The monoisotopic (exact) mass is 290 g/mol. The lowest BCUT2D eigenvalue weighted by Gasteiger charge is -2.08. The molecule has 0 aliphatic carbocycles. The number of ketones is 1. The highest BCUT2D eigenvalue weighted by Crippen LogP contribution is 2.34. The third kappa shape index (κ3) is 3.62. The summed E-state index contributed by atoms with van der Waals surface area (Å²) in [7, 11) is 2.71. The lowest BCUT2D eigenvalue weighted by Crippen LogP contribution is -2.06. The summed E-state index contributed by atoms with van der Waals surface area (Å²) in [6.45, 7) is 0. The normalized spacial score (nSPS) is 10.0. The van der Waals surface area contributed by atoms with Crippen LogP contribution in [0.1, 0.15) is 23.2 Å². The van der Waals surface area contributed by atoms with Crippen molar-refractivity contribution in [1.82, 2.24) is 0 Å². The van der Waals surface area contributed by atoms with Crippen LogP contribution in [0.2, 0.25) is 10.0 Å². The summed E-state index contributed by atoms with van der Waals surface area (Å²) >= 11 is 11.8. The van der Waals surface area contributed by atoms with Crippen LogP contribution in [0.3, 0.4) is 0 Å². The smallest absolute Gasteiger partial charge is 0.305 e. The van der Waals surface area contributed by atoms with E-state index in [4.69, 9.17) is 27.9 Å². The van der Waals surface area contributed by atoms with Gasteiger partial charge in [-0.2, -0.15) is 0 Å². The van der Waals surface area contributed by atoms with Gasteiger partial charge in [-0.3, -0.25) is 9.59 Å². The number of esters is 1. The second kappa shape index (κ2) is 6.61. The topological polar surface area (TPSA) is 52.6 Å². The molecule has 0 bridgehead atoms. The van der Waals surface area contributed by atoms with E-state index in [0.29, 0.717) is 11.3 Å². The maximum Gasteiger partial charge on any atom is 0.305 e. The van der Waals surface area contributed by atoms with Crippen LogP contribution in [0.5, 0.6) is 5.75 Å². The summed E-state index contributed by atoms with van der Waals surface area (Å²) in [5, 5.41) is 0.512. The highest BCUT2D eigenvalue weighted by Gasteiger charge is 2.14. The zero-order valence-electron chi connectivity index (χ0n) is 9.96. The minimum Gasteiger partial charge on any atom is -0.494 e. The standard InChI is InChI=1S/C12H12Cl2O4/c1-17-11(16)4-3-10(15)7-5-8(13)12(18-2)9(14)6-7/h5-6H,3-4H2,1-2H3. The summed E-state index contributed by atoms with van der Waals surface area (Å²) in [5.74, 6) is -0.344. The van der Waals surface area contributed by atoms with Crippen LogP contribution in [0.4, 0.5) is 0 Å². The summed E-state index contributed by atoms with van der Waals surface area (Å²) in [5.41, 5.74) is 0.342. The van der Waals surface area contributed by atoms with Crippen LogP contribution in [0, 0.1) is 0 Å². The lowest BCUT2D eigenvalue weighted by atomic mass is 10.1. The van der Waals surface area contributed by atoms with Crippen molar-refractivity contribution >= 4 is 35.0 Å². The average Bonchev–Trinajstić information content (AvgIpc) is 2.34. The minimum atomic E-state index is -0.436. The number of benzene rings is 1. The summed E-state index contributed by atoms with van der Waals surface area (Å²) < 4.78 is 9.43. The molecule has 0 saturated heterocycles. The number of Topliss-reactive ketones (excluding diaryl/α,β-unsaturated/α-hetero) is 1. The number of halogens is 2. The Morgan fingerprint density at radius 3 is 2.11 bits per heavy atom. The Morgan fingerprint density at radius 1 is 1.11 bits per heavy atom. The molecule has 4 nitrogen and oxygen atoms in total. The van der Waals surface area contributed by atoms with E-state index in [0.717, 1.165) is 0 Å². The van der Waals surface area contributed by atoms with E-state index >= 15 is 0 Å². The van der Waals surface area contributed by atoms with Crippen molar-refractivity contribution in [2.45, 2.75) is 12.8 Å². The first kappa shape index (κ1) is 14.8. The molecule has 1 aromatic rings. The molecule has 98 valence electrons. The van der Waals surface area contributed by atoms with Crippen LogP contribution in [-0.4, -0.2) is 26.0 Å². The number of ether oxygens (including phenoxy) is 2. The maximum absolute atomic E-state index is 11.8. The Bertz CT molecular complexity index is 448. The fraction of sp³-hybridized carbons (Fsp3) is 0.333. The SMILES string of the molecule is COC(=O)CCC(=O)c1cc(Cl)c(OC)c(Cl)c1. The Balaban J connectivity index is 2.84. The van der Waals surface area contributed by atoms with E-state index in [-0.39, 0.29) is 28.7 Å². The Kier molecular flexibility index (Phi) is 5.44. The van der Waals surface area contributed by atoms with Crippen molar-refractivity contribution in [3.05, 3.63) is 27.7 Å². The highest BCUT2D eigenvalue weighted by molar-refractivity contribution is 6.37. The highest BCUT2D eigenvalue weighted by atomic mass is 35.5. The van der Waals surface area contributed by atoms with Crippen molar-refractivity contribution in [2.75, 3.05) is 14.2 Å². The molecule has 0 amide bonds. The Morgan fingerprint density at radius 2 is 1.67 bits per heavy atom. The van der Waals surface area contributed by atoms with Gasteiger partial charge in [-0.15, -0.1) is 0 Å². The largest absolute Gasteiger partial charge is 0.494 e. The quantitative estimate of drug-likeness (QED) is 0.617. The second-order valence-corrected chi connectivity index (χ2v) is 4.29. The first-order valence-corrected chi connectivity index (χ1v) is 5.88. The number of methoxy groups -OCH3 is 2. The van der Waals surface area contributed by atoms with Crippen LogP contribution in [-0.2, 0) is 9.53 Å². The Hall–Kier alpha value is -1.26. The molecule has 0 unspecified atom stereocenters. The zero-order valence-corrected chi connectivity index (χ0v) is 11.5. The van der Waals surface area contributed by atoms with Gasteiger partial charge in [0.15, 0.2) is 11.5 Å². The second-order valence-electron chi connectivity index (χ2n) is 3.47. The number of carbonyl (C=O) groups is 2. The molecule has 18 heavy (non-hydrogen) atoms. The van der Waals surface area contributed by atoms with Gasteiger partial charge in [0.05, 0.1) is 30.7 Å². The van der Waals surface area contributed by atoms with Crippen LogP contribution < -0.4 is 4.74 Å². The van der Waals surface area contributed by atoms with Gasteiger partial charge >= 0.3 is 5.97 Å².